The van der Waals surface area contributed by atoms with Crippen molar-refractivity contribution in [2.24, 2.45) is 0 Å². The molecule has 0 spiro atoms. The third-order valence-corrected chi connectivity index (χ3v) is 14.9. The maximum absolute atomic E-state index is 14.3. The predicted octanol–water partition coefficient (Wildman–Crippen LogP) is 14.0. The molecule has 1 N–H and O–H groups in total. The van der Waals surface area contributed by atoms with Gasteiger partial charge in [0.05, 0.1) is 0 Å². The summed E-state index contributed by atoms with van der Waals surface area (Å²) in [4.78, 5) is 43.8. The summed E-state index contributed by atoms with van der Waals surface area (Å²) in [6.45, 7) is 1.53. The summed E-state index contributed by atoms with van der Waals surface area (Å²) in [6, 6.07) is 50.2. The van der Waals surface area contributed by atoms with Gasteiger partial charge in [-0.2, -0.15) is 0 Å². The van der Waals surface area contributed by atoms with Crippen molar-refractivity contribution in [3.8, 4) is 11.1 Å². The molecule has 1 saturated heterocycles. The first-order valence-electron chi connectivity index (χ1n) is 25.6. The molecular formula is C62H65ClN2O5. The molecule has 9 rings (SSSR count). The second kappa shape index (κ2) is 23.4. The maximum Gasteiger partial charge on any atom is 0.407 e. The molecule has 8 heteroatoms. The number of benzene rings is 6. The number of fused-ring (bicyclic) bond motifs is 3. The highest BCUT2D eigenvalue weighted by Crippen LogP contribution is 2.46. The predicted molar refractivity (Wildman–Crippen MR) is 280 cm³/mol. The van der Waals surface area contributed by atoms with E-state index in [2.05, 4.69) is 78.1 Å². The molecule has 1 heterocycles. The Bertz CT molecular complexity index is 2700. The Kier molecular flexibility index (Phi) is 16.3. The highest BCUT2D eigenvalue weighted by atomic mass is 35.5. The molecule has 6 aromatic rings. The lowest BCUT2D eigenvalue weighted by molar-refractivity contribution is -0.153. The van der Waals surface area contributed by atoms with E-state index >= 15 is 0 Å². The Morgan fingerprint density at radius 1 is 0.671 bits per heavy atom. The number of allylic oxidation sites excluding steroid dienone is 2. The minimum atomic E-state index is -1.27. The Morgan fingerprint density at radius 2 is 1.33 bits per heavy atom. The second-order valence-corrected chi connectivity index (χ2v) is 19.7. The van der Waals surface area contributed by atoms with Crippen molar-refractivity contribution >= 4 is 29.6 Å². The summed E-state index contributed by atoms with van der Waals surface area (Å²) in [5, 5.41) is 3.51. The van der Waals surface area contributed by atoms with Crippen LogP contribution in [0.3, 0.4) is 0 Å². The van der Waals surface area contributed by atoms with E-state index in [1.54, 1.807) is 0 Å². The number of hydrogen-bond acceptors (Lipinski definition) is 5. The van der Waals surface area contributed by atoms with Crippen molar-refractivity contribution in [1.82, 2.24) is 10.2 Å². The minimum absolute atomic E-state index is 0.0815. The number of esters is 1. The van der Waals surface area contributed by atoms with Crippen molar-refractivity contribution in [3.05, 3.63) is 213 Å². The first-order valence-corrected chi connectivity index (χ1v) is 26.0. The van der Waals surface area contributed by atoms with Gasteiger partial charge in [0.15, 0.2) is 5.60 Å². The van der Waals surface area contributed by atoms with E-state index in [0.29, 0.717) is 42.4 Å². The quantitative estimate of drug-likeness (QED) is 0.0452. The third kappa shape index (κ3) is 11.4. The van der Waals surface area contributed by atoms with Crippen LogP contribution in [0, 0.1) is 0 Å². The van der Waals surface area contributed by atoms with Gasteiger partial charge in [-0.25, -0.2) is 4.79 Å². The first-order chi connectivity index (χ1) is 34.4. The number of hydrogen-bond donors (Lipinski definition) is 1. The number of carbonyl (C=O) groups is 3. The number of amides is 2. The van der Waals surface area contributed by atoms with E-state index in [9.17, 15) is 14.4 Å². The lowest BCUT2D eigenvalue weighted by Crippen LogP contribution is -2.51. The van der Waals surface area contributed by atoms with Crippen LogP contribution in [0.5, 0.6) is 0 Å². The van der Waals surface area contributed by atoms with Crippen LogP contribution in [0.2, 0.25) is 5.02 Å². The molecule has 2 aliphatic carbocycles. The fourth-order valence-electron chi connectivity index (χ4n) is 10.9. The zero-order valence-corrected chi connectivity index (χ0v) is 41.0. The Hall–Kier alpha value is -6.44. The number of piperidine rings is 1. The van der Waals surface area contributed by atoms with Crippen molar-refractivity contribution < 1.29 is 23.9 Å². The number of nitrogens with one attached hydrogen (secondary N) is 1. The summed E-state index contributed by atoms with van der Waals surface area (Å²) in [6.07, 6.45) is 17.0. The van der Waals surface area contributed by atoms with Gasteiger partial charge in [0.25, 0.3) is 0 Å². The smallest absolute Gasteiger partial charge is 0.407 e. The Morgan fingerprint density at radius 3 is 2.09 bits per heavy atom. The van der Waals surface area contributed by atoms with Crippen LogP contribution in [0.4, 0.5) is 4.79 Å². The average molecular weight is 954 g/mol. The van der Waals surface area contributed by atoms with Crippen LogP contribution in [-0.4, -0.2) is 48.6 Å². The van der Waals surface area contributed by atoms with Gasteiger partial charge in [-0.3, -0.25) is 9.59 Å². The lowest BCUT2D eigenvalue weighted by Gasteiger charge is -2.36. The molecular weight excluding hydrogens is 888 g/mol. The van der Waals surface area contributed by atoms with Gasteiger partial charge in [-0.15, -0.1) is 0 Å². The molecule has 2 unspecified atom stereocenters. The van der Waals surface area contributed by atoms with E-state index in [4.69, 9.17) is 21.1 Å². The lowest BCUT2D eigenvalue weighted by atomic mass is 9.79. The summed E-state index contributed by atoms with van der Waals surface area (Å²) >= 11 is 7.03. The number of ether oxygens (including phenoxy) is 2. The molecule has 1 fully saturated rings. The second-order valence-electron chi connectivity index (χ2n) is 19.3. The largest absolute Gasteiger partial charge is 0.449 e. The molecule has 0 radical (unpaired) electrons. The third-order valence-electron chi connectivity index (χ3n) is 14.6. The van der Waals surface area contributed by atoms with E-state index < -0.39 is 17.7 Å². The van der Waals surface area contributed by atoms with Gasteiger partial charge in [0.2, 0.25) is 5.91 Å². The average Bonchev–Trinajstić information content (AvgIpc) is 3.79. The van der Waals surface area contributed by atoms with Crippen molar-refractivity contribution in [1.29, 1.82) is 0 Å². The monoisotopic (exact) mass is 952 g/mol. The number of alkyl carbamates (subject to hydrolysis) is 1. The van der Waals surface area contributed by atoms with Gasteiger partial charge in [0, 0.05) is 59.5 Å². The highest BCUT2D eigenvalue weighted by molar-refractivity contribution is 6.31. The van der Waals surface area contributed by atoms with Crippen LogP contribution in [0.15, 0.2) is 164 Å². The zero-order valence-electron chi connectivity index (χ0n) is 40.2. The normalized spacial score (nSPS) is 17.6. The van der Waals surface area contributed by atoms with Crippen LogP contribution >= 0.6 is 11.6 Å². The Labute approximate surface area is 419 Å². The van der Waals surface area contributed by atoms with Crippen molar-refractivity contribution in [3.63, 3.8) is 0 Å². The van der Waals surface area contributed by atoms with Gasteiger partial charge < -0.3 is 19.7 Å². The van der Waals surface area contributed by atoms with Crippen LogP contribution in [-0.2, 0) is 37.5 Å². The molecule has 6 aromatic carbocycles. The van der Waals surface area contributed by atoms with Crippen molar-refractivity contribution in [2.45, 2.75) is 113 Å². The number of halogens is 1. The number of carbonyl (C=O) groups excluding carboxylic acids is 3. The number of aryl methyl sites for hydroxylation is 1. The molecule has 70 heavy (non-hydrogen) atoms. The molecule has 360 valence electrons. The van der Waals surface area contributed by atoms with Gasteiger partial charge in [0.1, 0.15) is 12.6 Å². The summed E-state index contributed by atoms with van der Waals surface area (Å²) in [5.41, 5.74) is 9.02. The molecule has 0 aromatic heterocycles. The maximum atomic E-state index is 14.3. The minimum Gasteiger partial charge on any atom is -0.449 e. The topological polar surface area (TPSA) is 84.9 Å². The number of nitrogens with zero attached hydrogens (tertiary/aromatic N) is 1. The zero-order chi connectivity index (χ0) is 48.1. The van der Waals surface area contributed by atoms with Crippen LogP contribution < -0.4 is 5.32 Å². The van der Waals surface area contributed by atoms with Gasteiger partial charge >= 0.3 is 12.1 Å². The van der Waals surface area contributed by atoms with E-state index in [-0.39, 0.29) is 30.8 Å². The van der Waals surface area contributed by atoms with E-state index in [1.807, 2.05) is 95.9 Å². The van der Waals surface area contributed by atoms with Gasteiger partial charge in [-0.1, -0.05) is 189 Å². The molecule has 2 amide bonds. The Balaban J connectivity index is 0.864. The van der Waals surface area contributed by atoms with E-state index in [1.165, 1.54) is 31.2 Å². The number of likely N-dealkylation sites (tertiary alicyclic amines) is 1. The SMILES string of the molecule is O=C(CCCCc1cccc(C[C@H](NC(=O)OCC2c3ccccc3-c3ccccc32)C(=O)N2CCCCC2)c1)OC(c1ccccc1)(c1ccc(C2/C=C\CCCCCC2)cc1)c1ccccc1Cl. The van der Waals surface area contributed by atoms with Gasteiger partial charge in [-0.05, 0) is 103 Å². The fourth-order valence-corrected chi connectivity index (χ4v) is 11.2. The number of unbranched alkanes of at least 4 members (excludes halogenated alkanes) is 1. The molecule has 0 bridgehead atoms. The van der Waals surface area contributed by atoms with Crippen molar-refractivity contribution in [2.75, 3.05) is 19.7 Å². The molecule has 1 aliphatic heterocycles. The highest BCUT2D eigenvalue weighted by Gasteiger charge is 2.42. The summed E-state index contributed by atoms with van der Waals surface area (Å²) in [7, 11) is 0. The van der Waals surface area contributed by atoms with Crippen LogP contribution in [0.1, 0.15) is 133 Å². The first kappa shape index (κ1) is 48.6. The fraction of sp³-hybridized carbons (Fsp3) is 0.339. The van der Waals surface area contributed by atoms with Crippen LogP contribution in [0.25, 0.3) is 11.1 Å². The molecule has 3 aliphatic rings. The number of rotatable bonds is 16. The van der Waals surface area contributed by atoms with E-state index in [0.717, 1.165) is 89.5 Å². The molecule has 7 nitrogen and oxygen atoms in total. The molecule has 0 saturated carbocycles. The molecule has 3 atom stereocenters. The summed E-state index contributed by atoms with van der Waals surface area (Å²) in [5.74, 6) is -0.128. The standard InChI is InChI=1S/C62H65ClN2O5/c63-57-34-17-16-33-56(57)62(49-27-9-5-10-28-49,50-38-36-48(37-39-50)47-25-7-3-1-2-4-8-26-47)70-59(66)35-18-11-22-45-23-21-24-46(42-45)43-58(60(67)65-40-19-6-20-41-65)64-61(68)69-44-55-53-31-14-12-29-51(53)52-30-13-15-32-54(52)55/h5,7,9-10,12-17,21,23-25,27-34,36-39,42,47,55,58H,1-4,6,8,11,18-20,22,26,35,40-41,43-44H2,(H,64,68)/b25-7-/t47?,58-,62?/m0/s1. The summed E-state index contributed by atoms with van der Waals surface area (Å²) < 4.78 is 12.7.